The molecule has 1 aromatic rings. The van der Waals surface area contributed by atoms with Gasteiger partial charge in [0.25, 0.3) is 0 Å². The third kappa shape index (κ3) is 3.97. The van der Waals surface area contributed by atoms with Gasteiger partial charge in [-0.05, 0) is 63.0 Å². The number of benzene rings is 1. The number of nitrogens with zero attached hydrogens (tertiary/aromatic N) is 2. The van der Waals surface area contributed by atoms with Crippen LogP contribution in [0.15, 0.2) is 18.2 Å². The molecule has 1 fully saturated rings. The molecule has 0 aliphatic carbocycles. The standard InChI is InChI=1S/C16H22N2O/c1-13-9-14(2)11-16(10-13)19-12-15(5-6-17)18-7-3-4-8-18/h9-11,15H,3-5,7-8,12H2,1-2H3. The second kappa shape index (κ2) is 6.58. The first-order valence-electron chi connectivity index (χ1n) is 7.01. The fraction of sp³-hybridized carbons (Fsp3) is 0.562. The van der Waals surface area contributed by atoms with Crippen LogP contribution in [0.4, 0.5) is 0 Å². The molecular formula is C16H22N2O. The van der Waals surface area contributed by atoms with Crippen LogP contribution >= 0.6 is 0 Å². The summed E-state index contributed by atoms with van der Waals surface area (Å²) in [4.78, 5) is 2.38. The molecule has 0 spiro atoms. The SMILES string of the molecule is Cc1cc(C)cc(OCC(CC#N)N2CCCC2)c1. The topological polar surface area (TPSA) is 36.3 Å². The Labute approximate surface area is 115 Å². The molecule has 0 amide bonds. The Morgan fingerprint density at radius 1 is 1.21 bits per heavy atom. The minimum absolute atomic E-state index is 0.230. The smallest absolute Gasteiger partial charge is 0.119 e. The van der Waals surface area contributed by atoms with Gasteiger partial charge in [0.2, 0.25) is 0 Å². The molecule has 1 aromatic carbocycles. The summed E-state index contributed by atoms with van der Waals surface area (Å²) in [6, 6.07) is 8.76. The zero-order valence-electron chi connectivity index (χ0n) is 11.9. The van der Waals surface area contributed by atoms with E-state index in [0.717, 1.165) is 18.8 Å². The van der Waals surface area contributed by atoms with Gasteiger partial charge in [0.05, 0.1) is 18.5 Å². The average Bonchev–Trinajstić information content (AvgIpc) is 2.87. The molecule has 0 N–H and O–H groups in total. The summed E-state index contributed by atoms with van der Waals surface area (Å²) >= 11 is 0. The number of aryl methyl sites for hydroxylation is 2. The van der Waals surface area contributed by atoms with Crippen molar-refractivity contribution < 1.29 is 4.74 Å². The number of likely N-dealkylation sites (tertiary alicyclic amines) is 1. The molecule has 1 heterocycles. The van der Waals surface area contributed by atoms with Crippen molar-refractivity contribution in [3.05, 3.63) is 29.3 Å². The van der Waals surface area contributed by atoms with Gasteiger partial charge in [-0.25, -0.2) is 0 Å². The third-order valence-electron chi connectivity index (χ3n) is 3.62. The minimum atomic E-state index is 0.230. The maximum Gasteiger partial charge on any atom is 0.119 e. The van der Waals surface area contributed by atoms with E-state index in [-0.39, 0.29) is 6.04 Å². The van der Waals surface area contributed by atoms with E-state index in [4.69, 9.17) is 10.00 Å². The molecule has 0 radical (unpaired) electrons. The number of hydrogen-bond donors (Lipinski definition) is 0. The Morgan fingerprint density at radius 3 is 2.42 bits per heavy atom. The lowest BCUT2D eigenvalue weighted by molar-refractivity contribution is 0.162. The van der Waals surface area contributed by atoms with Crippen molar-refractivity contribution in [2.45, 2.75) is 39.2 Å². The summed E-state index contributed by atoms with van der Waals surface area (Å²) in [7, 11) is 0. The number of hydrogen-bond acceptors (Lipinski definition) is 3. The molecule has 1 saturated heterocycles. The summed E-state index contributed by atoms with van der Waals surface area (Å²) in [5, 5.41) is 8.95. The zero-order chi connectivity index (χ0) is 13.7. The van der Waals surface area contributed by atoms with Crippen molar-refractivity contribution in [1.29, 1.82) is 5.26 Å². The normalized spacial score (nSPS) is 17.1. The molecule has 0 bridgehead atoms. The van der Waals surface area contributed by atoms with E-state index in [1.807, 2.05) is 0 Å². The van der Waals surface area contributed by atoms with E-state index < -0.39 is 0 Å². The Bertz CT molecular complexity index is 438. The van der Waals surface area contributed by atoms with E-state index in [2.05, 4.69) is 43.0 Å². The lowest BCUT2D eigenvalue weighted by Crippen LogP contribution is -2.37. The highest BCUT2D eigenvalue weighted by atomic mass is 16.5. The second-order valence-electron chi connectivity index (χ2n) is 5.39. The van der Waals surface area contributed by atoms with Gasteiger partial charge in [-0.15, -0.1) is 0 Å². The lowest BCUT2D eigenvalue weighted by Gasteiger charge is -2.25. The van der Waals surface area contributed by atoms with Crippen LogP contribution in [0.5, 0.6) is 5.75 Å². The fourth-order valence-electron chi connectivity index (χ4n) is 2.71. The van der Waals surface area contributed by atoms with Crippen LogP contribution in [0.1, 0.15) is 30.4 Å². The summed E-state index contributed by atoms with van der Waals surface area (Å²) in [5.41, 5.74) is 2.43. The average molecular weight is 258 g/mol. The molecule has 1 atom stereocenters. The van der Waals surface area contributed by atoms with Gasteiger partial charge < -0.3 is 4.74 Å². The zero-order valence-corrected chi connectivity index (χ0v) is 11.9. The van der Waals surface area contributed by atoms with Crippen LogP contribution < -0.4 is 4.74 Å². The molecule has 102 valence electrons. The first-order chi connectivity index (χ1) is 9.19. The number of nitriles is 1. The Hall–Kier alpha value is -1.53. The Kier molecular flexibility index (Phi) is 4.81. The number of ether oxygens (including phenoxy) is 1. The molecule has 2 rings (SSSR count). The molecule has 19 heavy (non-hydrogen) atoms. The van der Waals surface area contributed by atoms with Crippen molar-refractivity contribution in [1.82, 2.24) is 4.90 Å². The van der Waals surface area contributed by atoms with Crippen LogP contribution in [0.25, 0.3) is 0 Å². The quantitative estimate of drug-likeness (QED) is 0.814. The van der Waals surface area contributed by atoms with Gasteiger partial charge in [-0.1, -0.05) is 6.07 Å². The molecule has 0 saturated carbocycles. The monoisotopic (exact) mass is 258 g/mol. The predicted molar refractivity (Wildman–Crippen MR) is 76.2 cm³/mol. The van der Waals surface area contributed by atoms with E-state index in [1.54, 1.807) is 0 Å². The van der Waals surface area contributed by atoms with Crippen molar-refractivity contribution in [2.75, 3.05) is 19.7 Å². The second-order valence-corrected chi connectivity index (χ2v) is 5.39. The predicted octanol–water partition coefficient (Wildman–Crippen LogP) is 3.06. The number of rotatable bonds is 5. The van der Waals surface area contributed by atoms with Gasteiger partial charge in [-0.3, -0.25) is 4.90 Å². The first-order valence-corrected chi connectivity index (χ1v) is 7.01. The first kappa shape index (κ1) is 13.9. The van der Waals surface area contributed by atoms with Crippen LogP contribution in [-0.2, 0) is 0 Å². The highest BCUT2D eigenvalue weighted by Crippen LogP contribution is 2.19. The maximum absolute atomic E-state index is 8.95. The minimum Gasteiger partial charge on any atom is -0.492 e. The van der Waals surface area contributed by atoms with Gasteiger partial charge in [0.15, 0.2) is 0 Å². The van der Waals surface area contributed by atoms with Crippen LogP contribution in [0.2, 0.25) is 0 Å². The molecular weight excluding hydrogens is 236 g/mol. The van der Waals surface area contributed by atoms with Gasteiger partial charge in [-0.2, -0.15) is 5.26 Å². The molecule has 1 unspecified atom stereocenters. The van der Waals surface area contributed by atoms with Gasteiger partial charge in [0.1, 0.15) is 12.4 Å². The fourth-order valence-corrected chi connectivity index (χ4v) is 2.71. The van der Waals surface area contributed by atoms with Gasteiger partial charge >= 0.3 is 0 Å². The van der Waals surface area contributed by atoms with Crippen molar-refractivity contribution in [3.63, 3.8) is 0 Å². The largest absolute Gasteiger partial charge is 0.492 e. The Morgan fingerprint density at radius 2 is 1.84 bits per heavy atom. The summed E-state index contributed by atoms with van der Waals surface area (Å²) in [6.07, 6.45) is 3.03. The van der Waals surface area contributed by atoms with Crippen LogP contribution in [0, 0.1) is 25.2 Å². The maximum atomic E-state index is 8.95. The van der Waals surface area contributed by atoms with E-state index in [0.29, 0.717) is 13.0 Å². The van der Waals surface area contributed by atoms with Crippen LogP contribution in [0.3, 0.4) is 0 Å². The summed E-state index contributed by atoms with van der Waals surface area (Å²) in [6.45, 7) is 6.96. The van der Waals surface area contributed by atoms with Crippen molar-refractivity contribution in [3.8, 4) is 11.8 Å². The highest BCUT2D eigenvalue weighted by molar-refractivity contribution is 5.33. The molecule has 1 aliphatic heterocycles. The van der Waals surface area contributed by atoms with Crippen molar-refractivity contribution in [2.24, 2.45) is 0 Å². The third-order valence-corrected chi connectivity index (χ3v) is 3.62. The van der Waals surface area contributed by atoms with E-state index in [9.17, 15) is 0 Å². The van der Waals surface area contributed by atoms with Crippen LogP contribution in [-0.4, -0.2) is 30.6 Å². The molecule has 1 aliphatic rings. The lowest BCUT2D eigenvalue weighted by atomic mass is 10.1. The van der Waals surface area contributed by atoms with Crippen molar-refractivity contribution >= 4 is 0 Å². The van der Waals surface area contributed by atoms with E-state index >= 15 is 0 Å². The molecule has 3 nitrogen and oxygen atoms in total. The summed E-state index contributed by atoms with van der Waals surface area (Å²) in [5.74, 6) is 0.916. The van der Waals surface area contributed by atoms with Gasteiger partial charge in [0, 0.05) is 0 Å². The Balaban J connectivity index is 1.96. The van der Waals surface area contributed by atoms with E-state index in [1.165, 1.54) is 24.0 Å². The molecule has 0 aromatic heterocycles. The highest BCUT2D eigenvalue weighted by Gasteiger charge is 2.22. The summed E-state index contributed by atoms with van der Waals surface area (Å²) < 4.78 is 5.90. The molecule has 3 heteroatoms.